The first-order chi connectivity index (χ1) is 14.3. The highest BCUT2D eigenvalue weighted by molar-refractivity contribution is 5.95. The summed E-state index contributed by atoms with van der Waals surface area (Å²) in [5, 5.41) is 10.8. The summed E-state index contributed by atoms with van der Waals surface area (Å²) in [6.07, 6.45) is 12.6. The molecule has 2 heteroatoms. The van der Waals surface area contributed by atoms with E-state index in [2.05, 4.69) is 54.5 Å². The molecule has 0 heterocycles. The van der Waals surface area contributed by atoms with Gasteiger partial charge in [-0.1, -0.05) is 60.5 Å². The smallest absolute Gasteiger partial charge is 0.159 e. The second kappa shape index (κ2) is 6.49. The molecule has 31 heavy (non-hydrogen) atoms. The van der Waals surface area contributed by atoms with Crippen molar-refractivity contribution in [1.29, 1.82) is 0 Å². The van der Waals surface area contributed by atoms with Gasteiger partial charge in [-0.25, -0.2) is 0 Å². The number of carbonyl (C=O) groups is 1. The first kappa shape index (κ1) is 22.2. The standard InChI is InChI=1S/C29H46O2/c1-18-8-11-26(4)14-15-28(6)20(19(26)16-18)17-21(30)24-27(5)12-10-23(31)25(2,3)22(27)9-13-29(24,28)7/h17-19,22-24,31H,8-16H2,1-7H3/t18-,19+,22+,23+,24-,26-,27+,28-,29-/m1/s1. The minimum atomic E-state index is -0.241. The molecule has 4 saturated carbocycles. The van der Waals surface area contributed by atoms with E-state index in [1.165, 1.54) is 37.7 Å². The van der Waals surface area contributed by atoms with Crippen molar-refractivity contribution in [3.63, 3.8) is 0 Å². The number of ketones is 1. The molecule has 0 aromatic heterocycles. The van der Waals surface area contributed by atoms with Crippen molar-refractivity contribution < 1.29 is 9.90 Å². The van der Waals surface area contributed by atoms with Crippen molar-refractivity contribution in [2.45, 2.75) is 112 Å². The van der Waals surface area contributed by atoms with Crippen molar-refractivity contribution in [2.75, 3.05) is 0 Å². The highest BCUT2D eigenvalue weighted by Crippen LogP contribution is 2.74. The third kappa shape index (κ3) is 2.64. The van der Waals surface area contributed by atoms with E-state index in [9.17, 15) is 9.90 Å². The molecule has 0 aromatic carbocycles. The van der Waals surface area contributed by atoms with Gasteiger partial charge in [0, 0.05) is 5.92 Å². The molecule has 0 spiro atoms. The van der Waals surface area contributed by atoms with E-state index in [1.807, 2.05) is 0 Å². The summed E-state index contributed by atoms with van der Waals surface area (Å²) in [6, 6.07) is 0. The van der Waals surface area contributed by atoms with Gasteiger partial charge >= 0.3 is 0 Å². The molecule has 0 amide bonds. The largest absolute Gasteiger partial charge is 0.393 e. The van der Waals surface area contributed by atoms with Gasteiger partial charge in [0.15, 0.2) is 5.78 Å². The van der Waals surface area contributed by atoms with E-state index >= 15 is 0 Å². The molecule has 0 saturated heterocycles. The number of rotatable bonds is 0. The Bertz CT molecular complexity index is 825. The van der Waals surface area contributed by atoms with Gasteiger partial charge in [0.1, 0.15) is 0 Å². The van der Waals surface area contributed by atoms with Crippen LogP contribution < -0.4 is 0 Å². The summed E-state index contributed by atoms with van der Waals surface area (Å²) in [7, 11) is 0. The maximum Gasteiger partial charge on any atom is 0.159 e. The van der Waals surface area contributed by atoms with Crippen LogP contribution in [-0.2, 0) is 4.79 Å². The Balaban J connectivity index is 1.63. The van der Waals surface area contributed by atoms with E-state index in [0.29, 0.717) is 23.0 Å². The fraction of sp³-hybridized carbons (Fsp3) is 0.897. The zero-order valence-corrected chi connectivity index (χ0v) is 21.2. The predicted molar refractivity (Wildman–Crippen MR) is 126 cm³/mol. The number of aliphatic hydroxyl groups excluding tert-OH is 1. The molecule has 5 rings (SSSR count). The quantitative estimate of drug-likeness (QED) is 0.454. The topological polar surface area (TPSA) is 37.3 Å². The Morgan fingerprint density at radius 2 is 1.61 bits per heavy atom. The monoisotopic (exact) mass is 426 g/mol. The number of allylic oxidation sites excluding steroid dienone is 2. The summed E-state index contributed by atoms with van der Waals surface area (Å²) in [4.78, 5) is 14.1. The van der Waals surface area contributed by atoms with Crippen molar-refractivity contribution >= 4 is 5.78 Å². The first-order valence-corrected chi connectivity index (χ1v) is 13.2. The van der Waals surface area contributed by atoms with Crippen molar-refractivity contribution in [2.24, 2.45) is 50.7 Å². The lowest BCUT2D eigenvalue weighted by atomic mass is 9.33. The average molecular weight is 427 g/mol. The normalized spacial score (nSPS) is 55.9. The van der Waals surface area contributed by atoms with Crippen LogP contribution >= 0.6 is 0 Å². The lowest BCUT2D eigenvalue weighted by Gasteiger charge is -2.70. The van der Waals surface area contributed by atoms with Gasteiger partial charge in [0.2, 0.25) is 0 Å². The third-order valence-electron chi connectivity index (χ3n) is 12.5. The fourth-order valence-electron chi connectivity index (χ4n) is 10.2. The molecule has 0 radical (unpaired) electrons. The van der Waals surface area contributed by atoms with E-state index < -0.39 is 0 Å². The van der Waals surface area contributed by atoms with Gasteiger partial charge in [0.05, 0.1) is 6.10 Å². The number of hydrogen-bond acceptors (Lipinski definition) is 2. The first-order valence-electron chi connectivity index (χ1n) is 13.2. The highest BCUT2D eigenvalue weighted by atomic mass is 16.3. The Hall–Kier alpha value is -0.630. The van der Waals surface area contributed by atoms with Crippen LogP contribution in [0.25, 0.3) is 0 Å². The molecular formula is C29H46O2. The van der Waals surface area contributed by atoms with Crippen LogP contribution in [0.15, 0.2) is 11.6 Å². The van der Waals surface area contributed by atoms with Crippen LogP contribution in [0.5, 0.6) is 0 Å². The summed E-state index contributed by atoms with van der Waals surface area (Å²) in [5.74, 6) is 2.32. The molecule has 0 aliphatic heterocycles. The molecule has 2 nitrogen and oxygen atoms in total. The summed E-state index contributed by atoms with van der Waals surface area (Å²) in [5.41, 5.74) is 2.00. The van der Waals surface area contributed by atoms with Gasteiger partial charge in [-0.2, -0.15) is 0 Å². The Kier molecular flexibility index (Phi) is 4.64. The molecule has 174 valence electrons. The van der Waals surface area contributed by atoms with E-state index in [4.69, 9.17) is 0 Å². The molecule has 9 atom stereocenters. The van der Waals surface area contributed by atoms with Crippen LogP contribution in [0.4, 0.5) is 0 Å². The van der Waals surface area contributed by atoms with Crippen LogP contribution in [0, 0.1) is 50.7 Å². The molecule has 0 unspecified atom stereocenters. The second-order valence-corrected chi connectivity index (χ2v) is 14.2. The molecule has 0 bridgehead atoms. The zero-order chi connectivity index (χ0) is 22.6. The second-order valence-electron chi connectivity index (χ2n) is 14.2. The van der Waals surface area contributed by atoms with Crippen molar-refractivity contribution in [3.8, 4) is 0 Å². The number of fused-ring (bicyclic) bond motifs is 7. The maximum atomic E-state index is 14.1. The Labute approximate surface area is 190 Å². The predicted octanol–water partition coefficient (Wildman–Crippen LogP) is 6.96. The summed E-state index contributed by atoms with van der Waals surface area (Å²) < 4.78 is 0. The number of aliphatic hydroxyl groups is 1. The molecule has 4 fully saturated rings. The van der Waals surface area contributed by atoms with Gasteiger partial charge in [-0.15, -0.1) is 0 Å². The van der Waals surface area contributed by atoms with Crippen LogP contribution in [0.2, 0.25) is 0 Å². The summed E-state index contributed by atoms with van der Waals surface area (Å²) >= 11 is 0. The number of hydrogen-bond donors (Lipinski definition) is 1. The third-order valence-corrected chi connectivity index (χ3v) is 12.5. The van der Waals surface area contributed by atoms with Crippen LogP contribution in [0.1, 0.15) is 106 Å². The van der Waals surface area contributed by atoms with E-state index in [0.717, 1.165) is 31.6 Å². The number of carbonyl (C=O) groups excluding carboxylic acids is 1. The molecule has 5 aliphatic rings. The van der Waals surface area contributed by atoms with Crippen LogP contribution in [-0.4, -0.2) is 17.0 Å². The molecule has 5 aliphatic carbocycles. The minimum absolute atomic E-state index is 0.00153. The van der Waals surface area contributed by atoms with Crippen molar-refractivity contribution in [3.05, 3.63) is 11.6 Å². The Morgan fingerprint density at radius 1 is 0.903 bits per heavy atom. The lowest BCUT2D eigenvalue weighted by molar-refractivity contribution is -0.201. The molecule has 1 N–H and O–H groups in total. The SMILES string of the molecule is C[C@@H]1CC[C@]2(C)CC[C@]3(C)C(=CC(=O)[C@@H]4[C@@]5(C)CC[C@H](O)C(C)(C)[C@@H]5CC[C@]43C)[C@@H]2C1. The molecule has 0 aromatic rings. The lowest BCUT2D eigenvalue weighted by Crippen LogP contribution is -2.66. The highest BCUT2D eigenvalue weighted by Gasteiger charge is 2.69. The fourth-order valence-corrected chi connectivity index (χ4v) is 10.2. The van der Waals surface area contributed by atoms with Gasteiger partial charge in [-0.05, 0) is 102 Å². The van der Waals surface area contributed by atoms with Crippen molar-refractivity contribution in [1.82, 2.24) is 0 Å². The molecular weight excluding hydrogens is 380 g/mol. The van der Waals surface area contributed by atoms with Gasteiger partial charge in [-0.3, -0.25) is 4.79 Å². The Morgan fingerprint density at radius 3 is 2.32 bits per heavy atom. The van der Waals surface area contributed by atoms with Gasteiger partial charge < -0.3 is 5.11 Å². The minimum Gasteiger partial charge on any atom is -0.393 e. The average Bonchev–Trinajstić information content (AvgIpc) is 2.68. The zero-order valence-electron chi connectivity index (χ0n) is 21.2. The van der Waals surface area contributed by atoms with Crippen LogP contribution in [0.3, 0.4) is 0 Å². The van der Waals surface area contributed by atoms with Gasteiger partial charge in [0.25, 0.3) is 0 Å². The van der Waals surface area contributed by atoms with E-state index in [-0.39, 0.29) is 33.7 Å². The summed E-state index contributed by atoms with van der Waals surface area (Å²) in [6.45, 7) is 16.9. The van der Waals surface area contributed by atoms with E-state index in [1.54, 1.807) is 0 Å². The maximum absolute atomic E-state index is 14.1.